The molecule has 2 saturated heterocycles. The van der Waals surface area contributed by atoms with Gasteiger partial charge in [-0.1, -0.05) is 6.92 Å². The van der Waals surface area contributed by atoms with Crippen LogP contribution in [0.3, 0.4) is 0 Å². The number of hydrogen-bond donors (Lipinski definition) is 0. The van der Waals surface area contributed by atoms with Crippen molar-refractivity contribution in [2.45, 2.75) is 13.3 Å². The Hall–Kier alpha value is -0.0400. The predicted octanol–water partition coefficient (Wildman–Crippen LogP) is 0.958. The highest BCUT2D eigenvalue weighted by Gasteiger charge is 2.34. The first-order valence-corrected chi connectivity index (χ1v) is 3.58. The quantitative estimate of drug-likeness (QED) is 0.450. The van der Waals surface area contributed by atoms with Gasteiger partial charge < -0.3 is 4.90 Å². The van der Waals surface area contributed by atoms with Crippen LogP contribution in [0.5, 0.6) is 0 Å². The van der Waals surface area contributed by atoms with E-state index in [0.717, 1.165) is 11.8 Å². The molecule has 0 aromatic carbocycles. The lowest BCUT2D eigenvalue weighted by atomic mass is 9.95. The zero-order valence-corrected chi connectivity index (χ0v) is 5.43. The first-order chi connectivity index (χ1) is 3.86. The van der Waals surface area contributed by atoms with Crippen LogP contribution in [0, 0.1) is 11.8 Å². The molecule has 0 aromatic heterocycles. The Morgan fingerprint density at radius 3 is 2.50 bits per heavy atom. The molecular formula is C7H13N. The molecular weight excluding hydrogens is 98.1 g/mol. The van der Waals surface area contributed by atoms with E-state index in [1.807, 2.05) is 0 Å². The minimum absolute atomic E-state index is 1.00. The van der Waals surface area contributed by atoms with Gasteiger partial charge in [0.25, 0.3) is 0 Å². The summed E-state index contributed by atoms with van der Waals surface area (Å²) in [7, 11) is 0. The third-order valence-corrected chi connectivity index (χ3v) is 2.66. The van der Waals surface area contributed by atoms with Gasteiger partial charge in [0.1, 0.15) is 0 Å². The van der Waals surface area contributed by atoms with Gasteiger partial charge in [-0.05, 0) is 24.8 Å². The Morgan fingerprint density at radius 1 is 1.38 bits per heavy atom. The number of fused-ring (bicyclic) bond motifs is 2. The highest BCUT2D eigenvalue weighted by atomic mass is 15.2. The smallest absolute Gasteiger partial charge is 0.00133 e. The number of piperidine rings is 1. The maximum atomic E-state index is 2.58. The van der Waals surface area contributed by atoms with Gasteiger partial charge in [-0.2, -0.15) is 0 Å². The molecule has 0 amide bonds. The van der Waals surface area contributed by atoms with Crippen LogP contribution in [0.1, 0.15) is 13.3 Å². The Balaban J connectivity index is 2.11. The first kappa shape index (κ1) is 4.80. The van der Waals surface area contributed by atoms with Crippen LogP contribution in [0.2, 0.25) is 0 Å². The first-order valence-electron chi connectivity index (χ1n) is 3.58. The second-order valence-electron chi connectivity index (χ2n) is 3.29. The van der Waals surface area contributed by atoms with E-state index < -0.39 is 0 Å². The molecule has 1 unspecified atom stereocenters. The summed E-state index contributed by atoms with van der Waals surface area (Å²) in [6.07, 6.45) is 1.47. The topological polar surface area (TPSA) is 3.24 Å². The summed E-state index contributed by atoms with van der Waals surface area (Å²) in [6, 6.07) is 0. The summed E-state index contributed by atoms with van der Waals surface area (Å²) in [5.74, 6) is 2.07. The third-order valence-electron chi connectivity index (χ3n) is 2.66. The molecule has 2 aliphatic heterocycles. The molecule has 0 radical (unpaired) electrons. The van der Waals surface area contributed by atoms with Crippen molar-refractivity contribution in [2.24, 2.45) is 11.8 Å². The average molecular weight is 111 g/mol. The molecule has 0 N–H and O–H groups in total. The van der Waals surface area contributed by atoms with Crippen LogP contribution < -0.4 is 0 Å². The largest absolute Gasteiger partial charge is 0.303 e. The van der Waals surface area contributed by atoms with Gasteiger partial charge in [-0.3, -0.25) is 0 Å². The minimum atomic E-state index is 1.00. The van der Waals surface area contributed by atoms with Crippen molar-refractivity contribution < 1.29 is 0 Å². The van der Waals surface area contributed by atoms with Gasteiger partial charge in [-0.15, -0.1) is 0 Å². The van der Waals surface area contributed by atoms with Crippen LogP contribution in [-0.4, -0.2) is 24.5 Å². The summed E-state index contributed by atoms with van der Waals surface area (Å²) in [6.45, 7) is 6.55. The molecule has 3 atom stereocenters. The molecule has 0 saturated carbocycles. The fourth-order valence-electron chi connectivity index (χ4n) is 2.05. The van der Waals surface area contributed by atoms with E-state index in [1.165, 1.54) is 26.1 Å². The van der Waals surface area contributed by atoms with Crippen molar-refractivity contribution in [1.82, 2.24) is 4.90 Å². The summed E-state index contributed by atoms with van der Waals surface area (Å²) in [4.78, 5) is 2.58. The molecule has 46 valence electrons. The maximum absolute atomic E-state index is 2.58. The van der Waals surface area contributed by atoms with E-state index in [4.69, 9.17) is 0 Å². The summed E-state index contributed by atoms with van der Waals surface area (Å²) >= 11 is 0. The van der Waals surface area contributed by atoms with Crippen molar-refractivity contribution in [2.75, 3.05) is 19.6 Å². The van der Waals surface area contributed by atoms with Crippen molar-refractivity contribution in [3.63, 3.8) is 0 Å². The van der Waals surface area contributed by atoms with E-state index in [2.05, 4.69) is 11.8 Å². The van der Waals surface area contributed by atoms with Gasteiger partial charge in [-0.25, -0.2) is 0 Å². The van der Waals surface area contributed by atoms with E-state index in [-0.39, 0.29) is 0 Å². The molecule has 0 aliphatic carbocycles. The zero-order chi connectivity index (χ0) is 5.56. The Bertz CT molecular complexity index is 98.6. The second-order valence-corrected chi connectivity index (χ2v) is 3.29. The molecule has 0 aromatic rings. The number of rotatable bonds is 0. The van der Waals surface area contributed by atoms with Crippen LogP contribution in [-0.2, 0) is 0 Å². The lowest BCUT2D eigenvalue weighted by Gasteiger charge is -2.16. The molecule has 8 heavy (non-hydrogen) atoms. The molecule has 0 spiro atoms. The van der Waals surface area contributed by atoms with Gasteiger partial charge in [0.15, 0.2) is 0 Å². The van der Waals surface area contributed by atoms with Crippen molar-refractivity contribution in [3.05, 3.63) is 0 Å². The van der Waals surface area contributed by atoms with Crippen LogP contribution in [0.15, 0.2) is 0 Å². The molecule has 2 rings (SSSR count). The van der Waals surface area contributed by atoms with Crippen molar-refractivity contribution in [1.29, 1.82) is 0 Å². The Kier molecular flexibility index (Phi) is 0.884. The highest BCUT2D eigenvalue weighted by molar-refractivity contribution is 4.87. The highest BCUT2D eigenvalue weighted by Crippen LogP contribution is 2.31. The fourth-order valence-corrected chi connectivity index (χ4v) is 2.05. The monoisotopic (exact) mass is 111 g/mol. The average Bonchev–Trinajstić information content (AvgIpc) is 2.23. The maximum Gasteiger partial charge on any atom is 0.00133 e. The lowest BCUT2D eigenvalue weighted by molar-refractivity contribution is 0.316. The van der Waals surface area contributed by atoms with Crippen LogP contribution in [0.4, 0.5) is 0 Å². The minimum Gasteiger partial charge on any atom is -0.303 e. The Morgan fingerprint density at radius 2 is 2.25 bits per heavy atom. The second kappa shape index (κ2) is 1.47. The van der Waals surface area contributed by atoms with Crippen LogP contribution >= 0.6 is 0 Å². The van der Waals surface area contributed by atoms with Gasteiger partial charge in [0.05, 0.1) is 0 Å². The molecule has 1 nitrogen and oxygen atoms in total. The molecule has 2 bridgehead atoms. The molecule has 1 heteroatoms. The SMILES string of the molecule is C[C@H]1CN2CC[C@H]1C2. The molecule has 2 heterocycles. The Labute approximate surface area is 50.7 Å². The normalized spacial score (nSPS) is 52.9. The zero-order valence-electron chi connectivity index (χ0n) is 5.43. The summed E-state index contributed by atoms with van der Waals surface area (Å²) in [5.41, 5.74) is 0. The molecule has 2 fully saturated rings. The van der Waals surface area contributed by atoms with Crippen LogP contribution in [0.25, 0.3) is 0 Å². The number of nitrogens with zero attached hydrogens (tertiary/aromatic N) is 1. The third kappa shape index (κ3) is 0.510. The van der Waals surface area contributed by atoms with E-state index >= 15 is 0 Å². The lowest BCUT2D eigenvalue weighted by Crippen LogP contribution is -2.21. The summed E-state index contributed by atoms with van der Waals surface area (Å²) in [5, 5.41) is 0. The fraction of sp³-hybridized carbons (Fsp3) is 1.00. The molecule has 2 aliphatic rings. The predicted molar refractivity (Wildman–Crippen MR) is 33.7 cm³/mol. The standard InChI is InChI=1S/C7H13N/c1-6-4-8-3-2-7(6)5-8/h6-7H,2-5H2,1H3/t6-,7-/m0/s1. The summed E-state index contributed by atoms with van der Waals surface area (Å²) < 4.78 is 0. The van der Waals surface area contributed by atoms with Crippen molar-refractivity contribution in [3.8, 4) is 0 Å². The van der Waals surface area contributed by atoms with E-state index in [9.17, 15) is 0 Å². The van der Waals surface area contributed by atoms with Gasteiger partial charge in [0.2, 0.25) is 0 Å². The van der Waals surface area contributed by atoms with Gasteiger partial charge >= 0.3 is 0 Å². The van der Waals surface area contributed by atoms with Crippen molar-refractivity contribution >= 4 is 0 Å². The van der Waals surface area contributed by atoms with Gasteiger partial charge in [0, 0.05) is 13.1 Å². The van der Waals surface area contributed by atoms with E-state index in [1.54, 1.807) is 0 Å². The number of hydrogen-bond acceptors (Lipinski definition) is 1. The van der Waals surface area contributed by atoms with E-state index in [0.29, 0.717) is 0 Å².